The van der Waals surface area contributed by atoms with E-state index >= 15 is 0 Å². The molecule has 1 aliphatic rings. The standard InChI is InChI=1S/C17H26O4/c1-4-20-17(9-11-19-12-10-17)16(18)14-5-7-15(8-6-14)21-13(2)3/h5-8,13,16,18H,4,9-12H2,1-3H3. The van der Waals surface area contributed by atoms with Crippen LogP contribution in [-0.2, 0) is 9.47 Å². The van der Waals surface area contributed by atoms with Gasteiger partial charge in [0.1, 0.15) is 17.5 Å². The normalized spacial score (nSPS) is 19.5. The average molecular weight is 294 g/mol. The monoisotopic (exact) mass is 294 g/mol. The van der Waals surface area contributed by atoms with Gasteiger partial charge in [-0.2, -0.15) is 0 Å². The summed E-state index contributed by atoms with van der Waals surface area (Å²) in [6, 6.07) is 7.63. The van der Waals surface area contributed by atoms with Crippen LogP contribution in [0, 0.1) is 0 Å². The molecule has 21 heavy (non-hydrogen) atoms. The van der Waals surface area contributed by atoms with E-state index in [-0.39, 0.29) is 6.10 Å². The molecule has 1 fully saturated rings. The second-order valence-corrected chi connectivity index (χ2v) is 5.75. The van der Waals surface area contributed by atoms with Crippen LogP contribution in [0.25, 0.3) is 0 Å². The molecule has 1 aromatic rings. The first-order chi connectivity index (χ1) is 10.1. The second-order valence-electron chi connectivity index (χ2n) is 5.75. The molecule has 4 nitrogen and oxygen atoms in total. The van der Waals surface area contributed by atoms with E-state index in [0.717, 1.165) is 11.3 Å². The zero-order chi connectivity index (χ0) is 15.3. The molecular weight excluding hydrogens is 268 g/mol. The third-order valence-corrected chi connectivity index (χ3v) is 3.84. The number of hydrogen-bond acceptors (Lipinski definition) is 4. The van der Waals surface area contributed by atoms with Gasteiger partial charge in [0.2, 0.25) is 0 Å². The molecule has 1 atom stereocenters. The van der Waals surface area contributed by atoms with Gasteiger partial charge in [-0.3, -0.25) is 0 Å². The lowest BCUT2D eigenvalue weighted by atomic mass is 9.84. The first kappa shape index (κ1) is 16.3. The Morgan fingerprint density at radius 2 is 1.81 bits per heavy atom. The zero-order valence-corrected chi connectivity index (χ0v) is 13.2. The van der Waals surface area contributed by atoms with Crippen molar-refractivity contribution >= 4 is 0 Å². The van der Waals surface area contributed by atoms with Gasteiger partial charge in [-0.15, -0.1) is 0 Å². The van der Waals surface area contributed by atoms with Crippen LogP contribution in [-0.4, -0.2) is 36.6 Å². The molecule has 1 heterocycles. The Bertz CT molecular complexity index is 415. The van der Waals surface area contributed by atoms with Crippen molar-refractivity contribution < 1.29 is 19.3 Å². The Hall–Kier alpha value is -1.10. The second kappa shape index (κ2) is 7.25. The van der Waals surface area contributed by atoms with Crippen LogP contribution in [0.15, 0.2) is 24.3 Å². The van der Waals surface area contributed by atoms with E-state index in [2.05, 4.69) is 0 Å². The van der Waals surface area contributed by atoms with E-state index < -0.39 is 11.7 Å². The summed E-state index contributed by atoms with van der Waals surface area (Å²) >= 11 is 0. The van der Waals surface area contributed by atoms with E-state index in [1.165, 1.54) is 0 Å². The number of aliphatic hydroxyl groups excluding tert-OH is 1. The van der Waals surface area contributed by atoms with Gasteiger partial charge in [0.05, 0.1) is 6.10 Å². The number of hydrogen-bond donors (Lipinski definition) is 1. The maximum Gasteiger partial charge on any atom is 0.119 e. The maximum atomic E-state index is 10.8. The van der Waals surface area contributed by atoms with E-state index in [9.17, 15) is 5.11 Å². The molecule has 1 saturated heterocycles. The van der Waals surface area contributed by atoms with Gasteiger partial charge >= 0.3 is 0 Å². The fourth-order valence-electron chi connectivity index (χ4n) is 2.81. The molecule has 1 unspecified atom stereocenters. The van der Waals surface area contributed by atoms with Crippen LogP contribution in [0.2, 0.25) is 0 Å². The minimum atomic E-state index is -0.644. The highest BCUT2D eigenvalue weighted by molar-refractivity contribution is 5.30. The molecule has 0 bridgehead atoms. The van der Waals surface area contributed by atoms with E-state index in [1.54, 1.807) is 0 Å². The van der Waals surface area contributed by atoms with Crippen LogP contribution < -0.4 is 4.74 Å². The molecule has 2 rings (SSSR count). The van der Waals surface area contributed by atoms with Gasteiger partial charge in [0.25, 0.3) is 0 Å². The van der Waals surface area contributed by atoms with Gasteiger partial charge in [-0.25, -0.2) is 0 Å². The lowest BCUT2D eigenvalue weighted by Crippen LogP contribution is -2.44. The molecule has 0 aromatic heterocycles. The van der Waals surface area contributed by atoms with Crippen molar-refractivity contribution in [3.63, 3.8) is 0 Å². The van der Waals surface area contributed by atoms with Crippen molar-refractivity contribution in [3.8, 4) is 5.75 Å². The Labute approximate surface area is 127 Å². The fourth-order valence-corrected chi connectivity index (χ4v) is 2.81. The predicted molar refractivity (Wildman–Crippen MR) is 81.6 cm³/mol. The van der Waals surface area contributed by atoms with Gasteiger partial charge in [-0.1, -0.05) is 12.1 Å². The Morgan fingerprint density at radius 3 is 2.33 bits per heavy atom. The molecule has 1 aliphatic heterocycles. The number of rotatable bonds is 6. The van der Waals surface area contributed by atoms with Gasteiger partial charge in [0.15, 0.2) is 0 Å². The topological polar surface area (TPSA) is 47.9 Å². The molecule has 1 N–H and O–H groups in total. The minimum Gasteiger partial charge on any atom is -0.491 e. The Kier molecular flexibility index (Phi) is 5.62. The van der Waals surface area contributed by atoms with Crippen molar-refractivity contribution in [1.82, 2.24) is 0 Å². The molecule has 118 valence electrons. The first-order valence-corrected chi connectivity index (χ1v) is 7.74. The van der Waals surface area contributed by atoms with Crippen LogP contribution in [0.1, 0.15) is 45.3 Å². The lowest BCUT2D eigenvalue weighted by Gasteiger charge is -2.40. The van der Waals surface area contributed by atoms with Crippen LogP contribution in [0.5, 0.6) is 5.75 Å². The smallest absolute Gasteiger partial charge is 0.119 e. The van der Waals surface area contributed by atoms with E-state index in [1.807, 2.05) is 45.0 Å². The summed E-state index contributed by atoms with van der Waals surface area (Å²) in [5.41, 5.74) is 0.328. The highest BCUT2D eigenvalue weighted by atomic mass is 16.5. The van der Waals surface area contributed by atoms with Crippen molar-refractivity contribution in [1.29, 1.82) is 0 Å². The molecule has 1 aromatic carbocycles. The fraction of sp³-hybridized carbons (Fsp3) is 0.647. The number of ether oxygens (including phenoxy) is 3. The summed E-state index contributed by atoms with van der Waals surface area (Å²) < 4.78 is 17.0. The molecule has 0 saturated carbocycles. The molecular formula is C17H26O4. The third-order valence-electron chi connectivity index (χ3n) is 3.84. The van der Waals surface area contributed by atoms with E-state index in [4.69, 9.17) is 14.2 Å². The summed E-state index contributed by atoms with van der Waals surface area (Å²) in [6.07, 6.45) is 0.930. The molecule has 0 aliphatic carbocycles. The van der Waals surface area contributed by atoms with Crippen molar-refractivity contribution in [2.24, 2.45) is 0 Å². The van der Waals surface area contributed by atoms with Crippen molar-refractivity contribution in [2.75, 3.05) is 19.8 Å². The number of benzene rings is 1. The molecule has 0 spiro atoms. The largest absolute Gasteiger partial charge is 0.491 e. The quantitative estimate of drug-likeness (QED) is 0.876. The molecule has 0 radical (unpaired) electrons. The van der Waals surface area contributed by atoms with Gasteiger partial charge < -0.3 is 19.3 Å². The first-order valence-electron chi connectivity index (χ1n) is 7.74. The highest BCUT2D eigenvalue weighted by Gasteiger charge is 2.41. The van der Waals surface area contributed by atoms with Gasteiger partial charge in [-0.05, 0) is 38.5 Å². The highest BCUT2D eigenvalue weighted by Crippen LogP contribution is 2.38. The van der Waals surface area contributed by atoms with Crippen LogP contribution >= 0.6 is 0 Å². The van der Waals surface area contributed by atoms with Crippen molar-refractivity contribution in [2.45, 2.75) is 51.4 Å². The summed E-state index contributed by atoms with van der Waals surface area (Å²) in [5.74, 6) is 0.818. The third kappa shape index (κ3) is 3.96. The lowest BCUT2D eigenvalue weighted by molar-refractivity contribution is -0.168. The average Bonchev–Trinajstić information content (AvgIpc) is 2.48. The summed E-state index contributed by atoms with van der Waals surface area (Å²) in [5, 5.41) is 10.8. The summed E-state index contributed by atoms with van der Waals surface area (Å²) in [6.45, 7) is 7.80. The minimum absolute atomic E-state index is 0.144. The summed E-state index contributed by atoms with van der Waals surface area (Å²) in [4.78, 5) is 0. The van der Waals surface area contributed by atoms with Crippen molar-refractivity contribution in [3.05, 3.63) is 29.8 Å². The summed E-state index contributed by atoms with van der Waals surface area (Å²) in [7, 11) is 0. The van der Waals surface area contributed by atoms with Crippen LogP contribution in [0.3, 0.4) is 0 Å². The van der Waals surface area contributed by atoms with Crippen LogP contribution in [0.4, 0.5) is 0 Å². The maximum absolute atomic E-state index is 10.8. The SMILES string of the molecule is CCOC1(C(O)c2ccc(OC(C)C)cc2)CCOCC1. The Morgan fingerprint density at radius 1 is 1.19 bits per heavy atom. The van der Waals surface area contributed by atoms with Gasteiger partial charge in [0, 0.05) is 32.7 Å². The van der Waals surface area contributed by atoms with E-state index in [0.29, 0.717) is 32.7 Å². The zero-order valence-electron chi connectivity index (χ0n) is 13.2. The molecule has 4 heteroatoms. The number of aliphatic hydroxyl groups is 1. The Balaban J connectivity index is 2.14. The molecule has 0 amide bonds. The predicted octanol–water partition coefficient (Wildman–Crippen LogP) is 3.09.